The summed E-state index contributed by atoms with van der Waals surface area (Å²) in [6.07, 6.45) is 0. The van der Waals surface area contributed by atoms with Crippen LogP contribution in [0.1, 0.15) is 30.9 Å². The Morgan fingerprint density at radius 2 is 1.93 bits per heavy atom. The van der Waals surface area contributed by atoms with E-state index in [-0.39, 0.29) is 0 Å². The molecule has 0 spiro atoms. The van der Waals surface area contributed by atoms with Crippen molar-refractivity contribution < 1.29 is 0 Å². The molecule has 76 valence electrons. The molecule has 1 fully saturated rings. The molecule has 0 amide bonds. The van der Waals surface area contributed by atoms with Crippen LogP contribution in [0.4, 0.5) is 0 Å². The first kappa shape index (κ1) is 9.72. The summed E-state index contributed by atoms with van der Waals surface area (Å²) in [4.78, 5) is 0. The molecule has 0 bridgehead atoms. The Bertz CT molecular complexity index is 309. The summed E-state index contributed by atoms with van der Waals surface area (Å²) in [5.74, 6) is 1.45. The third kappa shape index (κ3) is 1.57. The van der Waals surface area contributed by atoms with Gasteiger partial charge in [-0.05, 0) is 37.4 Å². The second kappa shape index (κ2) is 3.74. The monoisotopic (exact) mass is 189 g/mol. The molecule has 1 aliphatic heterocycles. The number of benzene rings is 1. The van der Waals surface area contributed by atoms with Gasteiger partial charge in [0.15, 0.2) is 0 Å². The lowest BCUT2D eigenvalue weighted by molar-refractivity contribution is 0.517. The Labute approximate surface area is 86.5 Å². The van der Waals surface area contributed by atoms with Crippen LogP contribution in [-0.4, -0.2) is 12.6 Å². The molecule has 1 saturated heterocycles. The topological polar surface area (TPSA) is 12.0 Å². The van der Waals surface area contributed by atoms with E-state index in [1.807, 2.05) is 0 Å². The highest BCUT2D eigenvalue weighted by Crippen LogP contribution is 2.33. The van der Waals surface area contributed by atoms with E-state index in [1.54, 1.807) is 0 Å². The van der Waals surface area contributed by atoms with E-state index >= 15 is 0 Å². The molecule has 1 heterocycles. The third-order valence-corrected chi connectivity index (χ3v) is 3.46. The maximum absolute atomic E-state index is 3.55. The summed E-state index contributed by atoms with van der Waals surface area (Å²) in [7, 11) is 0. The predicted molar refractivity (Wildman–Crippen MR) is 60.5 cm³/mol. The number of rotatable bonds is 1. The van der Waals surface area contributed by atoms with E-state index in [9.17, 15) is 0 Å². The minimum Gasteiger partial charge on any atom is -0.313 e. The van der Waals surface area contributed by atoms with Gasteiger partial charge in [0, 0.05) is 12.0 Å². The van der Waals surface area contributed by atoms with Crippen LogP contribution in [0.3, 0.4) is 0 Å². The standard InChI is InChI=1S/C13H19N/c1-9-6-4-5-7-12(9)13-10(2)8-14-11(13)3/h4-7,10-11,13-14H,8H2,1-3H3. The molecule has 1 heteroatoms. The molecular weight excluding hydrogens is 170 g/mol. The third-order valence-electron chi connectivity index (χ3n) is 3.46. The van der Waals surface area contributed by atoms with Crippen molar-refractivity contribution in [2.45, 2.75) is 32.7 Å². The lowest BCUT2D eigenvalue weighted by Crippen LogP contribution is -2.22. The summed E-state index contributed by atoms with van der Waals surface area (Å²) in [5, 5.41) is 3.55. The zero-order valence-corrected chi connectivity index (χ0v) is 9.25. The molecule has 0 aliphatic carbocycles. The predicted octanol–water partition coefficient (Wildman–Crippen LogP) is 2.71. The normalized spacial score (nSPS) is 32.1. The summed E-state index contributed by atoms with van der Waals surface area (Å²) >= 11 is 0. The molecule has 1 nitrogen and oxygen atoms in total. The van der Waals surface area contributed by atoms with Crippen molar-refractivity contribution in [3.63, 3.8) is 0 Å². The van der Waals surface area contributed by atoms with Gasteiger partial charge in [-0.1, -0.05) is 31.2 Å². The average Bonchev–Trinajstić information content (AvgIpc) is 2.48. The molecule has 0 aromatic heterocycles. The number of hydrogen-bond acceptors (Lipinski definition) is 1. The Morgan fingerprint density at radius 3 is 2.50 bits per heavy atom. The summed E-state index contributed by atoms with van der Waals surface area (Å²) in [6.45, 7) is 8.00. The van der Waals surface area contributed by atoms with Crippen LogP contribution in [0.5, 0.6) is 0 Å². The van der Waals surface area contributed by atoms with Crippen molar-refractivity contribution in [3.05, 3.63) is 35.4 Å². The minimum atomic E-state index is 0.617. The molecule has 1 aromatic carbocycles. The zero-order valence-electron chi connectivity index (χ0n) is 9.25. The van der Waals surface area contributed by atoms with Crippen molar-refractivity contribution in [2.75, 3.05) is 6.54 Å². The van der Waals surface area contributed by atoms with Crippen molar-refractivity contribution in [3.8, 4) is 0 Å². The smallest absolute Gasteiger partial charge is 0.0111 e. The Morgan fingerprint density at radius 1 is 1.21 bits per heavy atom. The van der Waals surface area contributed by atoms with Gasteiger partial charge in [-0.25, -0.2) is 0 Å². The summed E-state index contributed by atoms with van der Waals surface area (Å²) < 4.78 is 0. The van der Waals surface area contributed by atoms with E-state index in [0.717, 1.165) is 12.5 Å². The molecule has 0 radical (unpaired) electrons. The van der Waals surface area contributed by atoms with Crippen LogP contribution in [0, 0.1) is 12.8 Å². The Kier molecular flexibility index (Phi) is 2.60. The fraction of sp³-hybridized carbons (Fsp3) is 0.538. The molecule has 3 unspecified atom stereocenters. The molecule has 0 saturated carbocycles. The van der Waals surface area contributed by atoms with E-state index in [0.29, 0.717) is 12.0 Å². The lowest BCUT2D eigenvalue weighted by Gasteiger charge is -2.21. The largest absolute Gasteiger partial charge is 0.313 e. The second-order valence-corrected chi connectivity index (χ2v) is 4.56. The van der Waals surface area contributed by atoms with Crippen molar-refractivity contribution in [1.29, 1.82) is 0 Å². The molecule has 1 aromatic rings. The highest BCUT2D eigenvalue weighted by atomic mass is 15.0. The Balaban J connectivity index is 2.34. The van der Waals surface area contributed by atoms with Crippen molar-refractivity contribution in [2.24, 2.45) is 5.92 Å². The van der Waals surface area contributed by atoms with Crippen molar-refractivity contribution >= 4 is 0 Å². The van der Waals surface area contributed by atoms with Crippen LogP contribution in [-0.2, 0) is 0 Å². The van der Waals surface area contributed by atoms with Gasteiger partial charge in [-0.3, -0.25) is 0 Å². The van der Waals surface area contributed by atoms with Crippen LogP contribution < -0.4 is 5.32 Å². The van der Waals surface area contributed by atoms with Gasteiger partial charge in [0.05, 0.1) is 0 Å². The van der Waals surface area contributed by atoms with Crippen molar-refractivity contribution in [1.82, 2.24) is 5.32 Å². The van der Waals surface area contributed by atoms with Gasteiger partial charge in [0.1, 0.15) is 0 Å². The number of aryl methyl sites for hydroxylation is 1. The first-order valence-electron chi connectivity index (χ1n) is 5.49. The van der Waals surface area contributed by atoms with Gasteiger partial charge in [0.25, 0.3) is 0 Å². The van der Waals surface area contributed by atoms with E-state index < -0.39 is 0 Å². The molecule has 1 N–H and O–H groups in total. The summed E-state index contributed by atoms with van der Waals surface area (Å²) in [5.41, 5.74) is 2.96. The van der Waals surface area contributed by atoms with E-state index in [4.69, 9.17) is 0 Å². The number of hydrogen-bond donors (Lipinski definition) is 1. The average molecular weight is 189 g/mol. The second-order valence-electron chi connectivity index (χ2n) is 4.56. The Hall–Kier alpha value is -0.820. The SMILES string of the molecule is Cc1ccccc1C1C(C)CNC1C. The van der Waals surface area contributed by atoms with Gasteiger partial charge < -0.3 is 5.32 Å². The van der Waals surface area contributed by atoms with Crippen LogP contribution >= 0.6 is 0 Å². The van der Waals surface area contributed by atoms with Crippen LogP contribution in [0.25, 0.3) is 0 Å². The highest BCUT2D eigenvalue weighted by molar-refractivity contribution is 5.31. The molecule has 14 heavy (non-hydrogen) atoms. The minimum absolute atomic E-state index is 0.617. The van der Waals surface area contributed by atoms with Gasteiger partial charge in [-0.15, -0.1) is 0 Å². The maximum Gasteiger partial charge on any atom is 0.0111 e. The van der Waals surface area contributed by atoms with Gasteiger partial charge >= 0.3 is 0 Å². The first-order valence-corrected chi connectivity index (χ1v) is 5.49. The van der Waals surface area contributed by atoms with Gasteiger partial charge in [-0.2, -0.15) is 0 Å². The van der Waals surface area contributed by atoms with E-state index in [1.165, 1.54) is 11.1 Å². The fourth-order valence-electron chi connectivity index (χ4n) is 2.66. The fourth-order valence-corrected chi connectivity index (χ4v) is 2.66. The van der Waals surface area contributed by atoms with Gasteiger partial charge in [0.2, 0.25) is 0 Å². The molecule has 1 aliphatic rings. The molecule has 2 rings (SSSR count). The lowest BCUT2D eigenvalue weighted by atomic mass is 9.84. The van der Waals surface area contributed by atoms with E-state index in [2.05, 4.69) is 50.4 Å². The van der Waals surface area contributed by atoms with Crippen LogP contribution in [0.15, 0.2) is 24.3 Å². The molecule has 3 atom stereocenters. The zero-order chi connectivity index (χ0) is 10.1. The highest BCUT2D eigenvalue weighted by Gasteiger charge is 2.31. The molecular formula is C13H19N. The number of nitrogens with one attached hydrogen (secondary N) is 1. The van der Waals surface area contributed by atoms with Crippen LogP contribution in [0.2, 0.25) is 0 Å². The quantitative estimate of drug-likeness (QED) is 0.716. The maximum atomic E-state index is 3.55. The summed E-state index contributed by atoms with van der Waals surface area (Å²) in [6, 6.07) is 9.38. The first-order chi connectivity index (χ1) is 6.70.